The van der Waals surface area contributed by atoms with Gasteiger partial charge in [-0.25, -0.2) is 4.31 Å². The van der Waals surface area contributed by atoms with Crippen LogP contribution in [0.15, 0.2) is 0 Å². The van der Waals surface area contributed by atoms with Gasteiger partial charge in [-0.2, -0.15) is 0 Å². The van der Waals surface area contributed by atoms with E-state index < -0.39 is 0 Å². The molecule has 2 heterocycles. The van der Waals surface area contributed by atoms with Crippen molar-refractivity contribution in [2.75, 3.05) is 6.54 Å². The molecule has 2 rings (SSSR count). The van der Waals surface area contributed by atoms with Crippen LogP contribution in [0.5, 0.6) is 0 Å². The van der Waals surface area contributed by atoms with E-state index in [1.807, 2.05) is 16.0 Å². The molecule has 0 bridgehead atoms. The molecule has 0 saturated carbocycles. The molecule has 5 heteroatoms. The van der Waals surface area contributed by atoms with Gasteiger partial charge in [0, 0.05) is 20.0 Å². The number of hydrogen-bond acceptors (Lipinski definition) is 4. The van der Waals surface area contributed by atoms with Gasteiger partial charge in [-0.05, 0) is 0 Å². The first-order chi connectivity index (χ1) is 5.27. The highest BCUT2D eigenvalue weighted by Crippen LogP contribution is 2.16. The molecule has 0 atom stereocenters. The van der Waals surface area contributed by atoms with E-state index in [2.05, 4.69) is 23.1 Å². The number of nitrogens with zero attached hydrogens (tertiary/aromatic N) is 4. The zero-order valence-electron chi connectivity index (χ0n) is 6.36. The number of aromatic nitrogens is 3. The minimum absolute atomic E-state index is 0.812. The number of rotatable bonds is 0. The van der Waals surface area contributed by atoms with E-state index in [1.54, 1.807) is 0 Å². The molecule has 0 radical (unpaired) electrons. The highest BCUT2D eigenvalue weighted by atomic mass is 32.1. The lowest BCUT2D eigenvalue weighted by molar-refractivity contribution is 0.436. The Morgan fingerprint density at radius 3 is 3.18 bits per heavy atom. The maximum Gasteiger partial charge on any atom is 0.101 e. The van der Waals surface area contributed by atoms with Crippen molar-refractivity contribution in [3.05, 3.63) is 11.4 Å². The smallest absolute Gasteiger partial charge is 0.101 e. The highest BCUT2D eigenvalue weighted by Gasteiger charge is 2.18. The number of fused-ring (bicyclic) bond motifs is 1. The van der Waals surface area contributed by atoms with Gasteiger partial charge >= 0.3 is 0 Å². The van der Waals surface area contributed by atoms with Gasteiger partial charge in [0.2, 0.25) is 0 Å². The minimum Gasteiger partial charge on any atom is -0.252 e. The van der Waals surface area contributed by atoms with E-state index in [0.29, 0.717) is 0 Å². The highest BCUT2D eigenvalue weighted by molar-refractivity contribution is 7.77. The van der Waals surface area contributed by atoms with Gasteiger partial charge in [-0.1, -0.05) is 18.0 Å². The van der Waals surface area contributed by atoms with Crippen molar-refractivity contribution in [3.8, 4) is 0 Å². The third-order valence-electron chi connectivity index (χ3n) is 1.96. The van der Waals surface area contributed by atoms with Crippen LogP contribution in [0.3, 0.4) is 0 Å². The van der Waals surface area contributed by atoms with Crippen LogP contribution in [0.1, 0.15) is 11.4 Å². The molecule has 1 aliphatic rings. The van der Waals surface area contributed by atoms with E-state index in [9.17, 15) is 0 Å². The zero-order valence-corrected chi connectivity index (χ0v) is 7.25. The molecule has 1 aromatic heterocycles. The summed E-state index contributed by atoms with van der Waals surface area (Å²) in [4.78, 5) is 0. The van der Waals surface area contributed by atoms with Crippen LogP contribution >= 0.6 is 12.8 Å². The molecular weight excluding hydrogens is 160 g/mol. The molecule has 0 aromatic carbocycles. The molecule has 60 valence electrons. The summed E-state index contributed by atoms with van der Waals surface area (Å²) in [6.45, 7) is 1.80. The zero-order chi connectivity index (χ0) is 7.84. The fraction of sp³-hybridized carbons (Fsp3) is 0.667. The summed E-state index contributed by atoms with van der Waals surface area (Å²) in [6, 6.07) is 0. The first kappa shape index (κ1) is 7.12. The molecule has 0 N–H and O–H groups in total. The first-order valence-corrected chi connectivity index (χ1v) is 3.98. The third kappa shape index (κ3) is 1.14. The minimum atomic E-state index is 0.812. The Bertz CT molecular complexity index is 270. The van der Waals surface area contributed by atoms with Gasteiger partial charge in [0.25, 0.3) is 0 Å². The van der Waals surface area contributed by atoms with Crippen molar-refractivity contribution in [3.63, 3.8) is 0 Å². The average molecular weight is 170 g/mol. The van der Waals surface area contributed by atoms with Crippen molar-refractivity contribution in [1.82, 2.24) is 19.3 Å². The second-order valence-corrected chi connectivity index (χ2v) is 3.31. The van der Waals surface area contributed by atoms with Crippen LogP contribution < -0.4 is 0 Å². The molecule has 1 aliphatic heterocycles. The molecule has 11 heavy (non-hydrogen) atoms. The predicted octanol–water partition coefficient (Wildman–Crippen LogP) is 0.0180. The maximum atomic E-state index is 4.25. The van der Waals surface area contributed by atoms with Crippen LogP contribution in [-0.4, -0.2) is 25.8 Å². The summed E-state index contributed by atoms with van der Waals surface area (Å²) >= 11 is 4.25. The maximum absolute atomic E-state index is 4.25. The van der Waals surface area contributed by atoms with Gasteiger partial charge in [-0.3, -0.25) is 4.68 Å². The van der Waals surface area contributed by atoms with Crippen LogP contribution in [0.4, 0.5) is 0 Å². The van der Waals surface area contributed by atoms with E-state index in [0.717, 1.165) is 25.2 Å². The monoisotopic (exact) mass is 170 g/mol. The largest absolute Gasteiger partial charge is 0.252 e. The molecular formula is C6H10N4S. The Morgan fingerprint density at radius 1 is 1.55 bits per heavy atom. The lowest BCUT2D eigenvalue weighted by Crippen LogP contribution is -2.23. The SMILES string of the molecule is Cn1nnc2c1CCN(S)C2. The van der Waals surface area contributed by atoms with Gasteiger partial charge in [0.15, 0.2) is 0 Å². The van der Waals surface area contributed by atoms with E-state index in [1.165, 1.54) is 5.69 Å². The molecule has 0 fully saturated rings. The van der Waals surface area contributed by atoms with Crippen LogP contribution in [0.2, 0.25) is 0 Å². The third-order valence-corrected chi connectivity index (χ3v) is 2.30. The van der Waals surface area contributed by atoms with E-state index in [-0.39, 0.29) is 0 Å². The second-order valence-electron chi connectivity index (χ2n) is 2.74. The lowest BCUT2D eigenvalue weighted by Gasteiger charge is -2.19. The Morgan fingerprint density at radius 2 is 2.36 bits per heavy atom. The van der Waals surface area contributed by atoms with Crippen molar-refractivity contribution < 1.29 is 0 Å². The van der Waals surface area contributed by atoms with Crippen molar-refractivity contribution in [2.24, 2.45) is 7.05 Å². The summed E-state index contributed by atoms with van der Waals surface area (Å²) < 4.78 is 3.80. The Balaban J connectivity index is 2.36. The topological polar surface area (TPSA) is 34.0 Å². The normalized spacial score (nSPS) is 18.4. The second kappa shape index (κ2) is 2.49. The van der Waals surface area contributed by atoms with Gasteiger partial charge in [0.1, 0.15) is 5.69 Å². The quantitative estimate of drug-likeness (QED) is 0.557. The van der Waals surface area contributed by atoms with Gasteiger partial charge in [-0.15, -0.1) is 5.10 Å². The first-order valence-electron chi connectivity index (χ1n) is 3.58. The Kier molecular flexibility index (Phi) is 1.61. The molecule has 0 unspecified atom stereocenters. The van der Waals surface area contributed by atoms with Crippen molar-refractivity contribution >= 4 is 12.8 Å². The molecule has 1 aromatic rings. The van der Waals surface area contributed by atoms with Crippen LogP contribution in [0.25, 0.3) is 0 Å². The van der Waals surface area contributed by atoms with Crippen LogP contribution in [-0.2, 0) is 20.0 Å². The van der Waals surface area contributed by atoms with Crippen molar-refractivity contribution in [2.45, 2.75) is 13.0 Å². The number of thiol groups is 1. The van der Waals surface area contributed by atoms with Gasteiger partial charge < -0.3 is 0 Å². The summed E-state index contributed by atoms with van der Waals surface area (Å²) in [6.07, 6.45) is 1.00. The summed E-state index contributed by atoms with van der Waals surface area (Å²) in [5, 5.41) is 7.97. The Labute approximate surface area is 70.7 Å². The Hall–Kier alpha value is -0.550. The van der Waals surface area contributed by atoms with Crippen LogP contribution in [0, 0.1) is 0 Å². The summed E-state index contributed by atoms with van der Waals surface area (Å²) in [5.74, 6) is 0. The fourth-order valence-electron chi connectivity index (χ4n) is 1.34. The van der Waals surface area contributed by atoms with E-state index >= 15 is 0 Å². The number of aryl methyl sites for hydroxylation is 1. The predicted molar refractivity (Wildman–Crippen MR) is 44.1 cm³/mol. The fourth-order valence-corrected chi connectivity index (χ4v) is 1.57. The molecule has 0 spiro atoms. The molecule has 0 saturated heterocycles. The lowest BCUT2D eigenvalue weighted by atomic mass is 10.2. The number of hydrogen-bond donors (Lipinski definition) is 1. The average Bonchev–Trinajstić information content (AvgIpc) is 2.32. The van der Waals surface area contributed by atoms with Gasteiger partial charge in [0.05, 0.1) is 12.2 Å². The molecule has 4 nitrogen and oxygen atoms in total. The molecule has 0 amide bonds. The van der Waals surface area contributed by atoms with Crippen molar-refractivity contribution in [1.29, 1.82) is 0 Å². The van der Waals surface area contributed by atoms with E-state index in [4.69, 9.17) is 0 Å². The summed E-state index contributed by atoms with van der Waals surface area (Å²) in [5.41, 5.74) is 2.31. The summed E-state index contributed by atoms with van der Waals surface area (Å²) in [7, 11) is 1.93. The standard InChI is InChI=1S/C6H10N4S/c1-9-6-2-3-10(11)4-5(6)7-8-9/h11H,2-4H2,1H3. The molecule has 0 aliphatic carbocycles.